The van der Waals surface area contributed by atoms with E-state index in [1.54, 1.807) is 7.11 Å². The normalized spacial score (nSPS) is 14.0. The van der Waals surface area contributed by atoms with Crippen LogP contribution in [0.5, 0.6) is 5.75 Å². The molecule has 4 nitrogen and oxygen atoms in total. The molecule has 0 fully saturated rings. The molecule has 2 aromatic rings. The Morgan fingerprint density at radius 1 is 0.958 bits per heavy atom. The van der Waals surface area contributed by atoms with Gasteiger partial charge in [-0.2, -0.15) is 0 Å². The lowest BCUT2D eigenvalue weighted by Crippen LogP contribution is -2.31. The third kappa shape index (κ3) is 2.56. The molecule has 0 N–H and O–H groups in total. The van der Waals surface area contributed by atoms with Gasteiger partial charge in [-0.1, -0.05) is 12.1 Å². The van der Waals surface area contributed by atoms with E-state index in [1.807, 2.05) is 0 Å². The lowest BCUT2D eigenvalue weighted by Gasteiger charge is -2.30. The van der Waals surface area contributed by atoms with Crippen LogP contribution in [0.3, 0.4) is 0 Å². The molecule has 0 radical (unpaired) electrons. The second kappa shape index (κ2) is 6.63. The highest BCUT2D eigenvalue weighted by Crippen LogP contribution is 2.46. The predicted molar refractivity (Wildman–Crippen MR) is 103 cm³/mol. The first kappa shape index (κ1) is 16.5. The summed E-state index contributed by atoms with van der Waals surface area (Å²) in [5.41, 5.74) is 4.90. The van der Waals surface area contributed by atoms with Gasteiger partial charge in [0.15, 0.2) is 0 Å². The van der Waals surface area contributed by atoms with Gasteiger partial charge in [0, 0.05) is 44.5 Å². The minimum absolute atomic E-state index is 0.142. The molecule has 0 bridgehead atoms. The standard InChI is InChI=1S/C20H27N3O/c1-6-23(7-2)15-12-13-16(19(14-15)24-5)20-21(3)17-10-8-9-11-18(17)22(20)4/h8-14,20H,6-7H2,1-5H3. The van der Waals surface area contributed by atoms with Gasteiger partial charge in [0.1, 0.15) is 11.9 Å². The molecular formula is C20H27N3O. The Hall–Kier alpha value is -2.36. The van der Waals surface area contributed by atoms with Crippen LogP contribution in [0.2, 0.25) is 0 Å². The summed E-state index contributed by atoms with van der Waals surface area (Å²) in [6, 6.07) is 15.1. The molecule has 128 valence electrons. The third-order valence-electron chi connectivity index (χ3n) is 5.00. The van der Waals surface area contributed by atoms with E-state index in [0.717, 1.165) is 18.8 Å². The number of fused-ring (bicyclic) bond motifs is 1. The molecular weight excluding hydrogens is 298 g/mol. The maximum Gasteiger partial charge on any atom is 0.131 e. The van der Waals surface area contributed by atoms with Crippen molar-refractivity contribution in [3.05, 3.63) is 48.0 Å². The van der Waals surface area contributed by atoms with Gasteiger partial charge in [-0.3, -0.25) is 0 Å². The van der Waals surface area contributed by atoms with Gasteiger partial charge in [-0.15, -0.1) is 0 Å². The van der Waals surface area contributed by atoms with Crippen LogP contribution in [0.1, 0.15) is 25.6 Å². The summed E-state index contributed by atoms with van der Waals surface area (Å²) in [7, 11) is 6.04. The number of ether oxygens (including phenoxy) is 1. The van der Waals surface area contributed by atoms with Crippen LogP contribution in [-0.2, 0) is 0 Å². The first-order valence-corrected chi connectivity index (χ1v) is 8.59. The van der Waals surface area contributed by atoms with Crippen molar-refractivity contribution in [3.63, 3.8) is 0 Å². The van der Waals surface area contributed by atoms with E-state index in [1.165, 1.54) is 22.6 Å². The summed E-state index contributed by atoms with van der Waals surface area (Å²) >= 11 is 0. The second-order valence-electron chi connectivity index (χ2n) is 6.18. The van der Waals surface area contributed by atoms with Gasteiger partial charge in [-0.25, -0.2) is 0 Å². The third-order valence-corrected chi connectivity index (χ3v) is 5.00. The summed E-state index contributed by atoms with van der Waals surface area (Å²) in [6.45, 7) is 6.35. The molecule has 1 aliphatic heterocycles. The van der Waals surface area contributed by atoms with Crippen LogP contribution in [0.15, 0.2) is 42.5 Å². The maximum absolute atomic E-state index is 5.75. The van der Waals surface area contributed by atoms with Crippen LogP contribution < -0.4 is 19.4 Å². The molecule has 1 aliphatic rings. The largest absolute Gasteiger partial charge is 0.496 e. The maximum atomic E-state index is 5.75. The lowest BCUT2D eigenvalue weighted by atomic mass is 10.1. The molecule has 2 aromatic carbocycles. The summed E-state index contributed by atoms with van der Waals surface area (Å²) < 4.78 is 5.75. The van der Waals surface area contributed by atoms with Crippen molar-refractivity contribution in [2.75, 3.05) is 49.0 Å². The Morgan fingerprint density at radius 3 is 2.04 bits per heavy atom. The number of methoxy groups -OCH3 is 1. The molecule has 4 heteroatoms. The zero-order valence-electron chi connectivity index (χ0n) is 15.3. The van der Waals surface area contributed by atoms with E-state index in [0.29, 0.717) is 0 Å². The predicted octanol–water partition coefficient (Wildman–Crippen LogP) is 4.13. The Labute approximate surface area is 145 Å². The van der Waals surface area contributed by atoms with Crippen molar-refractivity contribution in [1.29, 1.82) is 0 Å². The SMILES string of the molecule is CCN(CC)c1ccc(C2N(C)c3ccccc3N2C)c(OC)c1. The zero-order chi connectivity index (χ0) is 17.3. The van der Waals surface area contributed by atoms with Crippen molar-refractivity contribution in [2.45, 2.75) is 20.0 Å². The highest BCUT2D eigenvalue weighted by atomic mass is 16.5. The molecule has 0 saturated carbocycles. The quantitative estimate of drug-likeness (QED) is 0.823. The Bertz CT molecular complexity index is 683. The van der Waals surface area contributed by atoms with Gasteiger partial charge in [0.2, 0.25) is 0 Å². The highest BCUT2D eigenvalue weighted by molar-refractivity contribution is 5.78. The van der Waals surface area contributed by atoms with E-state index in [4.69, 9.17) is 4.74 Å². The minimum Gasteiger partial charge on any atom is -0.496 e. The van der Waals surface area contributed by atoms with E-state index in [2.05, 4.69) is 85.1 Å². The fourth-order valence-corrected chi connectivity index (χ4v) is 3.70. The summed E-state index contributed by atoms with van der Waals surface area (Å²) in [4.78, 5) is 6.96. The average molecular weight is 325 g/mol. The molecule has 0 unspecified atom stereocenters. The van der Waals surface area contributed by atoms with Crippen LogP contribution >= 0.6 is 0 Å². The van der Waals surface area contributed by atoms with Crippen molar-refractivity contribution in [2.24, 2.45) is 0 Å². The smallest absolute Gasteiger partial charge is 0.131 e. The molecule has 0 spiro atoms. The van der Waals surface area contributed by atoms with Crippen molar-refractivity contribution < 1.29 is 4.74 Å². The number of hydrogen-bond donors (Lipinski definition) is 0. The lowest BCUT2D eigenvalue weighted by molar-refractivity contribution is 0.405. The van der Waals surface area contributed by atoms with Gasteiger partial charge in [0.25, 0.3) is 0 Å². The highest BCUT2D eigenvalue weighted by Gasteiger charge is 2.33. The fourth-order valence-electron chi connectivity index (χ4n) is 3.70. The molecule has 24 heavy (non-hydrogen) atoms. The number of nitrogens with zero attached hydrogens (tertiary/aromatic N) is 3. The first-order chi connectivity index (χ1) is 11.6. The van der Waals surface area contributed by atoms with E-state index in [9.17, 15) is 0 Å². The van der Waals surface area contributed by atoms with Crippen molar-refractivity contribution >= 4 is 17.1 Å². The Balaban J connectivity index is 2.01. The topological polar surface area (TPSA) is 19.0 Å². The monoisotopic (exact) mass is 325 g/mol. The van der Waals surface area contributed by atoms with Gasteiger partial charge in [0.05, 0.1) is 18.5 Å². The Morgan fingerprint density at radius 2 is 1.54 bits per heavy atom. The number of rotatable bonds is 5. The molecule has 0 aliphatic carbocycles. The fraction of sp³-hybridized carbons (Fsp3) is 0.400. The molecule has 1 heterocycles. The molecule has 0 aromatic heterocycles. The average Bonchev–Trinajstić information content (AvgIpc) is 2.87. The van der Waals surface area contributed by atoms with Crippen LogP contribution in [0.25, 0.3) is 0 Å². The van der Waals surface area contributed by atoms with Gasteiger partial charge >= 0.3 is 0 Å². The van der Waals surface area contributed by atoms with Crippen molar-refractivity contribution in [3.8, 4) is 5.75 Å². The van der Waals surface area contributed by atoms with Gasteiger partial charge in [-0.05, 0) is 38.1 Å². The van der Waals surface area contributed by atoms with Crippen molar-refractivity contribution in [1.82, 2.24) is 0 Å². The first-order valence-electron chi connectivity index (χ1n) is 8.59. The molecule has 3 rings (SSSR count). The van der Waals surface area contributed by atoms with Crippen LogP contribution in [-0.4, -0.2) is 34.3 Å². The number of benzene rings is 2. The van der Waals surface area contributed by atoms with E-state index < -0.39 is 0 Å². The number of anilines is 3. The van der Waals surface area contributed by atoms with Crippen LogP contribution in [0, 0.1) is 0 Å². The van der Waals surface area contributed by atoms with E-state index >= 15 is 0 Å². The molecule has 0 amide bonds. The van der Waals surface area contributed by atoms with Gasteiger partial charge < -0.3 is 19.4 Å². The minimum atomic E-state index is 0.142. The summed E-state index contributed by atoms with van der Waals surface area (Å²) in [5.74, 6) is 0.941. The summed E-state index contributed by atoms with van der Waals surface area (Å²) in [6.07, 6.45) is 0.142. The Kier molecular flexibility index (Phi) is 4.56. The van der Waals surface area contributed by atoms with Crippen LogP contribution in [0.4, 0.5) is 17.1 Å². The second-order valence-corrected chi connectivity index (χ2v) is 6.18. The zero-order valence-corrected chi connectivity index (χ0v) is 15.3. The number of para-hydroxylation sites is 2. The number of hydrogen-bond acceptors (Lipinski definition) is 4. The van der Waals surface area contributed by atoms with E-state index in [-0.39, 0.29) is 6.17 Å². The summed E-state index contributed by atoms with van der Waals surface area (Å²) in [5, 5.41) is 0. The molecule has 0 saturated heterocycles. The molecule has 0 atom stereocenters.